The predicted molar refractivity (Wildman–Crippen MR) is 110 cm³/mol. The topological polar surface area (TPSA) is 52.7 Å². The monoisotopic (exact) mass is 371 g/mol. The van der Waals surface area contributed by atoms with E-state index in [-0.39, 0.29) is 23.7 Å². The van der Waals surface area contributed by atoms with Gasteiger partial charge < -0.3 is 15.1 Å². The van der Waals surface area contributed by atoms with E-state index in [1.54, 1.807) is 0 Å². The van der Waals surface area contributed by atoms with Crippen molar-refractivity contribution in [3.63, 3.8) is 0 Å². The molecule has 0 spiro atoms. The summed E-state index contributed by atoms with van der Waals surface area (Å²) in [4.78, 5) is 29.3. The lowest BCUT2D eigenvalue weighted by atomic mass is 9.95. The first-order valence-corrected chi connectivity index (χ1v) is 10.5. The average Bonchev–Trinajstić information content (AvgIpc) is 2.97. The molecule has 0 aliphatic carbocycles. The number of anilines is 2. The molecule has 0 unspecified atom stereocenters. The molecule has 0 saturated carbocycles. The number of para-hydroxylation sites is 2. The van der Waals surface area contributed by atoms with Gasteiger partial charge in [-0.15, -0.1) is 0 Å². The van der Waals surface area contributed by atoms with Crippen LogP contribution in [0.1, 0.15) is 52.4 Å². The number of hydrogen-bond acceptors (Lipinski definition) is 3. The summed E-state index contributed by atoms with van der Waals surface area (Å²) in [5.74, 6) is 0.295. The van der Waals surface area contributed by atoms with Crippen LogP contribution in [-0.4, -0.2) is 42.9 Å². The molecule has 2 saturated heterocycles. The van der Waals surface area contributed by atoms with Gasteiger partial charge in [-0.25, -0.2) is 0 Å². The molecule has 2 amide bonds. The van der Waals surface area contributed by atoms with Crippen molar-refractivity contribution in [3.8, 4) is 0 Å². The van der Waals surface area contributed by atoms with Crippen molar-refractivity contribution >= 4 is 23.2 Å². The van der Waals surface area contributed by atoms with Gasteiger partial charge in [0, 0.05) is 38.0 Å². The van der Waals surface area contributed by atoms with Crippen LogP contribution in [0.4, 0.5) is 11.4 Å². The average molecular weight is 372 g/mol. The first-order chi connectivity index (χ1) is 13.1. The zero-order valence-corrected chi connectivity index (χ0v) is 16.7. The fourth-order valence-electron chi connectivity index (χ4n) is 4.13. The molecule has 5 heteroatoms. The molecule has 2 heterocycles. The van der Waals surface area contributed by atoms with Crippen LogP contribution in [0.2, 0.25) is 0 Å². The highest BCUT2D eigenvalue weighted by Gasteiger charge is 2.28. The lowest BCUT2D eigenvalue weighted by molar-refractivity contribution is -0.137. The van der Waals surface area contributed by atoms with E-state index >= 15 is 0 Å². The summed E-state index contributed by atoms with van der Waals surface area (Å²) < 4.78 is 0. The van der Waals surface area contributed by atoms with Crippen LogP contribution in [-0.2, 0) is 9.59 Å². The van der Waals surface area contributed by atoms with E-state index in [0.29, 0.717) is 13.1 Å². The standard InChI is InChI=1S/C22H33N3O2/c1-17(2)22(27)25-15-11-18(12-16-25)21(26)23-19-9-5-6-10-20(19)24-13-7-3-4-8-14-24/h5-6,9-10,17-18H,3-4,7-8,11-16H2,1-2H3,(H,23,26). The van der Waals surface area contributed by atoms with Gasteiger partial charge in [-0.05, 0) is 37.8 Å². The number of benzene rings is 1. The second kappa shape index (κ2) is 9.25. The Bertz CT molecular complexity index is 643. The lowest BCUT2D eigenvalue weighted by Gasteiger charge is -2.33. The molecule has 2 fully saturated rings. The molecule has 0 aromatic heterocycles. The predicted octanol–water partition coefficient (Wildman–Crippen LogP) is 3.90. The van der Waals surface area contributed by atoms with Gasteiger partial charge in [-0.3, -0.25) is 9.59 Å². The maximum absolute atomic E-state index is 12.8. The van der Waals surface area contributed by atoms with Crippen LogP contribution in [0, 0.1) is 11.8 Å². The first-order valence-electron chi connectivity index (χ1n) is 10.5. The molecule has 2 aliphatic heterocycles. The Morgan fingerprint density at radius 1 is 0.963 bits per heavy atom. The number of nitrogens with one attached hydrogen (secondary N) is 1. The molecule has 148 valence electrons. The van der Waals surface area contributed by atoms with Crippen molar-refractivity contribution in [1.29, 1.82) is 0 Å². The third kappa shape index (κ3) is 5.02. The molecular weight excluding hydrogens is 338 g/mol. The summed E-state index contributed by atoms with van der Waals surface area (Å²) in [6.07, 6.45) is 6.50. The largest absolute Gasteiger partial charge is 0.370 e. The second-order valence-electron chi connectivity index (χ2n) is 8.16. The Balaban J connectivity index is 1.61. The molecule has 1 aromatic carbocycles. The molecular formula is C22H33N3O2. The van der Waals surface area contributed by atoms with Gasteiger partial charge in [0.25, 0.3) is 0 Å². The van der Waals surface area contributed by atoms with Gasteiger partial charge >= 0.3 is 0 Å². The van der Waals surface area contributed by atoms with Crippen LogP contribution in [0.15, 0.2) is 24.3 Å². The minimum Gasteiger partial charge on any atom is -0.370 e. The molecule has 27 heavy (non-hydrogen) atoms. The van der Waals surface area contributed by atoms with E-state index in [1.807, 2.05) is 36.9 Å². The summed E-state index contributed by atoms with van der Waals surface area (Å²) in [5.41, 5.74) is 2.06. The molecule has 1 aromatic rings. The van der Waals surface area contributed by atoms with Crippen LogP contribution in [0.5, 0.6) is 0 Å². The quantitative estimate of drug-likeness (QED) is 0.873. The Morgan fingerprint density at radius 2 is 1.59 bits per heavy atom. The zero-order valence-electron chi connectivity index (χ0n) is 16.7. The zero-order chi connectivity index (χ0) is 19.2. The molecule has 1 N–H and O–H groups in total. The van der Waals surface area contributed by atoms with Crippen molar-refractivity contribution in [2.75, 3.05) is 36.4 Å². The van der Waals surface area contributed by atoms with Crippen molar-refractivity contribution in [3.05, 3.63) is 24.3 Å². The fraction of sp³-hybridized carbons (Fsp3) is 0.636. The van der Waals surface area contributed by atoms with Crippen LogP contribution in [0.3, 0.4) is 0 Å². The van der Waals surface area contributed by atoms with E-state index in [1.165, 1.54) is 25.7 Å². The molecule has 3 rings (SSSR count). The summed E-state index contributed by atoms with van der Waals surface area (Å²) in [6, 6.07) is 8.16. The van der Waals surface area contributed by atoms with Crippen molar-refractivity contribution in [2.45, 2.75) is 52.4 Å². The van der Waals surface area contributed by atoms with E-state index < -0.39 is 0 Å². The maximum atomic E-state index is 12.8. The van der Waals surface area contributed by atoms with Gasteiger partial charge in [-0.2, -0.15) is 0 Å². The summed E-state index contributed by atoms with van der Waals surface area (Å²) in [7, 11) is 0. The highest BCUT2D eigenvalue weighted by molar-refractivity contribution is 5.96. The Kier molecular flexibility index (Phi) is 6.75. The van der Waals surface area contributed by atoms with E-state index in [4.69, 9.17) is 0 Å². The van der Waals surface area contributed by atoms with Crippen LogP contribution in [0.25, 0.3) is 0 Å². The SMILES string of the molecule is CC(C)C(=O)N1CCC(C(=O)Nc2ccccc2N2CCCCCC2)CC1. The third-order valence-corrected chi connectivity index (χ3v) is 5.78. The highest BCUT2D eigenvalue weighted by Crippen LogP contribution is 2.29. The van der Waals surface area contributed by atoms with Gasteiger partial charge in [-0.1, -0.05) is 38.8 Å². The van der Waals surface area contributed by atoms with Crippen molar-refractivity contribution in [1.82, 2.24) is 4.90 Å². The number of amides is 2. The first kappa shape index (κ1) is 19.7. The van der Waals surface area contributed by atoms with E-state index in [0.717, 1.165) is 37.3 Å². The van der Waals surface area contributed by atoms with Gasteiger partial charge in [0.05, 0.1) is 11.4 Å². The second-order valence-corrected chi connectivity index (χ2v) is 8.16. The summed E-state index contributed by atoms with van der Waals surface area (Å²) in [5, 5.41) is 3.18. The minimum atomic E-state index is -0.0154. The number of carbonyl (C=O) groups excluding carboxylic acids is 2. The molecule has 0 atom stereocenters. The van der Waals surface area contributed by atoms with E-state index in [2.05, 4.69) is 16.3 Å². The maximum Gasteiger partial charge on any atom is 0.227 e. The Hall–Kier alpha value is -2.04. The van der Waals surface area contributed by atoms with Gasteiger partial charge in [0.15, 0.2) is 0 Å². The molecule has 2 aliphatic rings. The lowest BCUT2D eigenvalue weighted by Crippen LogP contribution is -2.43. The smallest absolute Gasteiger partial charge is 0.227 e. The summed E-state index contributed by atoms with van der Waals surface area (Å²) >= 11 is 0. The number of nitrogens with zero attached hydrogens (tertiary/aromatic N) is 2. The van der Waals surface area contributed by atoms with Crippen LogP contribution < -0.4 is 10.2 Å². The van der Waals surface area contributed by atoms with Crippen LogP contribution >= 0.6 is 0 Å². The highest BCUT2D eigenvalue weighted by atomic mass is 16.2. The number of piperidine rings is 1. The minimum absolute atomic E-state index is 0.0154. The Morgan fingerprint density at radius 3 is 2.22 bits per heavy atom. The Labute approximate surface area is 163 Å². The molecule has 0 bridgehead atoms. The normalized spacial score (nSPS) is 19.1. The third-order valence-electron chi connectivity index (χ3n) is 5.78. The number of hydrogen-bond donors (Lipinski definition) is 1. The molecule has 0 radical (unpaired) electrons. The van der Waals surface area contributed by atoms with E-state index in [9.17, 15) is 9.59 Å². The fourth-order valence-corrected chi connectivity index (χ4v) is 4.13. The molecule has 5 nitrogen and oxygen atoms in total. The van der Waals surface area contributed by atoms with Crippen molar-refractivity contribution < 1.29 is 9.59 Å². The van der Waals surface area contributed by atoms with Crippen molar-refractivity contribution in [2.24, 2.45) is 11.8 Å². The number of likely N-dealkylation sites (tertiary alicyclic amines) is 1. The van der Waals surface area contributed by atoms with Gasteiger partial charge in [0.1, 0.15) is 0 Å². The number of carbonyl (C=O) groups is 2. The summed E-state index contributed by atoms with van der Waals surface area (Å²) in [6.45, 7) is 7.35. The number of rotatable bonds is 4. The van der Waals surface area contributed by atoms with Gasteiger partial charge in [0.2, 0.25) is 11.8 Å².